The van der Waals surface area contributed by atoms with Crippen molar-refractivity contribution in [2.45, 2.75) is 45.1 Å². The highest BCUT2D eigenvalue weighted by molar-refractivity contribution is 7.11. The number of carboxylic acids is 1. The number of carboxylic acid groups (broad SMARTS) is 1. The van der Waals surface area contributed by atoms with E-state index in [1.807, 2.05) is 0 Å². The lowest BCUT2D eigenvalue weighted by atomic mass is 9.97. The molecule has 0 saturated carbocycles. The number of thiazole rings is 1. The van der Waals surface area contributed by atoms with Crippen molar-refractivity contribution in [2.24, 2.45) is 0 Å². The molecule has 18 heavy (non-hydrogen) atoms. The number of aromatic nitrogens is 1. The molecule has 0 aromatic carbocycles. The van der Waals surface area contributed by atoms with E-state index >= 15 is 0 Å². The summed E-state index contributed by atoms with van der Waals surface area (Å²) in [5.41, 5.74) is 0. The molecule has 0 radical (unpaired) electrons. The van der Waals surface area contributed by atoms with Gasteiger partial charge in [-0.25, -0.2) is 4.98 Å². The Balaban J connectivity index is 1.93. The zero-order chi connectivity index (χ0) is 13.1. The molecule has 0 atom stereocenters. The minimum atomic E-state index is -0.778. The highest BCUT2D eigenvalue weighted by Gasteiger charge is 2.24. The summed E-state index contributed by atoms with van der Waals surface area (Å²) in [6, 6.07) is 0.616. The Labute approximate surface area is 112 Å². The van der Waals surface area contributed by atoms with E-state index in [9.17, 15) is 4.79 Å². The van der Waals surface area contributed by atoms with Crippen molar-refractivity contribution in [3.63, 3.8) is 0 Å². The summed E-state index contributed by atoms with van der Waals surface area (Å²) < 4.78 is 0. The minimum Gasteiger partial charge on any atom is -0.481 e. The van der Waals surface area contributed by atoms with Gasteiger partial charge in [0, 0.05) is 23.0 Å². The average Bonchev–Trinajstić information content (AvgIpc) is 2.76. The van der Waals surface area contributed by atoms with Gasteiger partial charge in [0.15, 0.2) is 0 Å². The standard InChI is InChI=1S/C13H20N2O2S/c1-9(2)15-5-3-10(4-6-15)13-14-8-11(18-13)7-12(16)17/h8-10H,3-7H2,1-2H3,(H,16,17). The van der Waals surface area contributed by atoms with Gasteiger partial charge in [0.05, 0.1) is 11.4 Å². The number of carbonyl (C=O) groups is 1. The van der Waals surface area contributed by atoms with Crippen LogP contribution in [-0.4, -0.2) is 40.1 Å². The van der Waals surface area contributed by atoms with E-state index < -0.39 is 5.97 Å². The smallest absolute Gasteiger partial charge is 0.308 e. The molecule has 1 aromatic rings. The molecule has 2 rings (SSSR count). The first-order valence-corrected chi connectivity index (χ1v) is 7.28. The normalized spacial score (nSPS) is 18.4. The molecule has 1 fully saturated rings. The average molecular weight is 268 g/mol. The van der Waals surface area contributed by atoms with Crippen LogP contribution in [0.4, 0.5) is 0 Å². The maximum atomic E-state index is 10.6. The molecule has 0 aliphatic carbocycles. The van der Waals surface area contributed by atoms with Crippen molar-refractivity contribution in [1.29, 1.82) is 0 Å². The van der Waals surface area contributed by atoms with Crippen LogP contribution in [0, 0.1) is 0 Å². The first-order chi connectivity index (χ1) is 8.56. The van der Waals surface area contributed by atoms with E-state index in [1.54, 1.807) is 17.5 Å². The molecule has 4 nitrogen and oxygen atoms in total. The molecule has 1 N–H and O–H groups in total. The fraction of sp³-hybridized carbons (Fsp3) is 0.692. The van der Waals surface area contributed by atoms with Crippen LogP contribution < -0.4 is 0 Å². The fourth-order valence-corrected chi connectivity index (χ4v) is 3.48. The van der Waals surface area contributed by atoms with Crippen molar-refractivity contribution in [2.75, 3.05) is 13.1 Å². The second kappa shape index (κ2) is 5.80. The molecule has 1 aliphatic heterocycles. The lowest BCUT2D eigenvalue weighted by Gasteiger charge is -2.33. The Bertz CT molecular complexity index is 409. The topological polar surface area (TPSA) is 53.4 Å². The zero-order valence-electron chi connectivity index (χ0n) is 10.9. The minimum absolute atomic E-state index is 0.0997. The number of hydrogen-bond acceptors (Lipinski definition) is 4. The number of likely N-dealkylation sites (tertiary alicyclic amines) is 1. The van der Waals surface area contributed by atoms with Crippen LogP contribution in [-0.2, 0) is 11.2 Å². The van der Waals surface area contributed by atoms with Crippen LogP contribution in [0.5, 0.6) is 0 Å². The molecule has 0 bridgehead atoms. The first kappa shape index (κ1) is 13.5. The lowest BCUT2D eigenvalue weighted by molar-refractivity contribution is -0.136. The number of nitrogens with zero attached hydrogens (tertiary/aromatic N) is 2. The molecular weight excluding hydrogens is 248 g/mol. The largest absolute Gasteiger partial charge is 0.481 e. The quantitative estimate of drug-likeness (QED) is 0.910. The molecular formula is C13H20N2O2S. The zero-order valence-corrected chi connectivity index (χ0v) is 11.7. The molecule has 0 amide bonds. The van der Waals surface area contributed by atoms with Gasteiger partial charge in [-0.15, -0.1) is 11.3 Å². The SMILES string of the molecule is CC(C)N1CCC(c2ncc(CC(=O)O)s2)CC1. The highest BCUT2D eigenvalue weighted by Crippen LogP contribution is 2.31. The summed E-state index contributed by atoms with van der Waals surface area (Å²) in [5, 5.41) is 9.87. The van der Waals surface area contributed by atoms with Crippen molar-refractivity contribution >= 4 is 17.3 Å². The van der Waals surface area contributed by atoms with Gasteiger partial charge >= 0.3 is 5.97 Å². The predicted molar refractivity (Wildman–Crippen MR) is 72.1 cm³/mol. The second-order valence-electron chi connectivity index (χ2n) is 5.14. The van der Waals surface area contributed by atoms with E-state index in [-0.39, 0.29) is 6.42 Å². The summed E-state index contributed by atoms with van der Waals surface area (Å²) in [5.74, 6) is -0.257. The Hall–Kier alpha value is -0.940. The number of piperidine rings is 1. The molecule has 100 valence electrons. The predicted octanol–water partition coefficient (Wildman–Crippen LogP) is 2.36. The van der Waals surface area contributed by atoms with Gasteiger partial charge in [-0.3, -0.25) is 4.79 Å². The summed E-state index contributed by atoms with van der Waals surface area (Å²) in [7, 11) is 0. The maximum Gasteiger partial charge on any atom is 0.308 e. The van der Waals surface area contributed by atoms with Gasteiger partial charge in [0.25, 0.3) is 0 Å². The van der Waals surface area contributed by atoms with Gasteiger partial charge in [0.1, 0.15) is 0 Å². The van der Waals surface area contributed by atoms with Crippen LogP contribution in [0.3, 0.4) is 0 Å². The van der Waals surface area contributed by atoms with Gasteiger partial charge in [0.2, 0.25) is 0 Å². The van der Waals surface area contributed by atoms with Gasteiger partial charge in [-0.2, -0.15) is 0 Å². The van der Waals surface area contributed by atoms with Crippen LogP contribution in [0.15, 0.2) is 6.20 Å². The Morgan fingerprint density at radius 3 is 2.78 bits per heavy atom. The van der Waals surface area contributed by atoms with E-state index in [1.165, 1.54) is 0 Å². The number of rotatable bonds is 4. The molecule has 5 heteroatoms. The maximum absolute atomic E-state index is 10.6. The fourth-order valence-electron chi connectivity index (χ4n) is 2.40. The van der Waals surface area contributed by atoms with Crippen LogP contribution >= 0.6 is 11.3 Å². The molecule has 1 saturated heterocycles. The Morgan fingerprint density at radius 2 is 2.22 bits per heavy atom. The molecule has 2 heterocycles. The van der Waals surface area contributed by atoms with Crippen molar-refractivity contribution < 1.29 is 9.90 Å². The summed E-state index contributed by atoms with van der Waals surface area (Å²) >= 11 is 1.57. The Kier molecular flexibility index (Phi) is 4.35. The van der Waals surface area contributed by atoms with Gasteiger partial charge in [-0.1, -0.05) is 0 Å². The number of aliphatic carboxylic acids is 1. The molecule has 1 aromatic heterocycles. The monoisotopic (exact) mass is 268 g/mol. The third-order valence-electron chi connectivity index (χ3n) is 3.51. The second-order valence-corrected chi connectivity index (χ2v) is 6.29. The van der Waals surface area contributed by atoms with Crippen LogP contribution in [0.2, 0.25) is 0 Å². The molecule has 0 spiro atoms. The third kappa shape index (κ3) is 3.29. The van der Waals surface area contributed by atoms with Gasteiger partial charge in [-0.05, 0) is 39.8 Å². The highest BCUT2D eigenvalue weighted by atomic mass is 32.1. The van der Waals surface area contributed by atoms with E-state index in [4.69, 9.17) is 5.11 Å². The van der Waals surface area contributed by atoms with Gasteiger partial charge < -0.3 is 10.0 Å². The van der Waals surface area contributed by atoms with Crippen LogP contribution in [0.1, 0.15) is 42.5 Å². The molecule has 0 unspecified atom stereocenters. The lowest BCUT2D eigenvalue weighted by Crippen LogP contribution is -2.37. The Morgan fingerprint density at radius 1 is 1.56 bits per heavy atom. The summed E-state index contributed by atoms with van der Waals surface area (Å²) in [6.45, 7) is 6.70. The third-order valence-corrected chi connectivity index (χ3v) is 4.67. The van der Waals surface area contributed by atoms with E-state index in [0.29, 0.717) is 12.0 Å². The number of hydrogen-bond donors (Lipinski definition) is 1. The van der Waals surface area contributed by atoms with Crippen molar-refractivity contribution in [3.05, 3.63) is 16.1 Å². The van der Waals surface area contributed by atoms with Crippen molar-refractivity contribution in [1.82, 2.24) is 9.88 Å². The van der Waals surface area contributed by atoms with Crippen LogP contribution in [0.25, 0.3) is 0 Å². The summed E-state index contributed by atoms with van der Waals surface area (Å²) in [6.07, 6.45) is 4.10. The van der Waals surface area contributed by atoms with E-state index in [2.05, 4.69) is 23.7 Å². The van der Waals surface area contributed by atoms with E-state index in [0.717, 1.165) is 35.8 Å². The summed E-state index contributed by atoms with van der Waals surface area (Å²) in [4.78, 5) is 18.4. The first-order valence-electron chi connectivity index (χ1n) is 6.46. The van der Waals surface area contributed by atoms with Crippen molar-refractivity contribution in [3.8, 4) is 0 Å². The molecule has 1 aliphatic rings.